The molecule has 2 N–H and O–H groups in total. The molecule has 1 atom stereocenters. The molecule has 0 amide bonds. The molecule has 53 heavy (non-hydrogen) atoms. The molecule has 0 bridgehead atoms. The zero-order chi connectivity index (χ0) is 38.8. The van der Waals surface area contributed by atoms with Crippen LogP contribution in [0, 0.1) is 0 Å². The maximum absolute atomic E-state index is 7.62. The third kappa shape index (κ3) is 54.0. The van der Waals surface area contributed by atoms with E-state index in [4.69, 9.17) is 14.9 Å². The molecule has 0 spiro atoms. The van der Waals surface area contributed by atoms with Crippen molar-refractivity contribution in [2.45, 2.75) is 303 Å². The van der Waals surface area contributed by atoms with Crippen molar-refractivity contribution in [2.75, 3.05) is 19.8 Å². The van der Waals surface area contributed by atoms with E-state index in [0.717, 1.165) is 6.61 Å². The molecule has 0 heterocycles. The summed E-state index contributed by atoms with van der Waals surface area (Å²) in [5.41, 5.74) is 0. The molecule has 0 aromatic rings. The van der Waals surface area contributed by atoms with Crippen LogP contribution in [-0.4, -0.2) is 36.1 Å². The van der Waals surface area contributed by atoms with Crippen molar-refractivity contribution in [1.82, 2.24) is 0 Å². The van der Waals surface area contributed by atoms with E-state index in [9.17, 15) is 0 Å². The molecular weight excluding hydrogens is 649 g/mol. The summed E-state index contributed by atoms with van der Waals surface area (Å²) in [6.07, 6.45) is 62.3. The molecule has 3 heteroatoms. The molecule has 1 unspecified atom stereocenters. The highest BCUT2D eigenvalue weighted by Crippen LogP contribution is 2.20. The van der Waals surface area contributed by atoms with Crippen LogP contribution in [0.25, 0.3) is 0 Å². The first kappa shape index (κ1) is 55.0. The van der Waals surface area contributed by atoms with Crippen LogP contribution in [0.3, 0.4) is 0 Å². The van der Waals surface area contributed by atoms with E-state index in [1.54, 1.807) is 0 Å². The van der Waals surface area contributed by atoms with Crippen molar-refractivity contribution in [1.29, 1.82) is 0 Å². The molecule has 322 valence electrons. The van der Waals surface area contributed by atoms with Crippen molar-refractivity contribution in [3.63, 3.8) is 0 Å². The van der Waals surface area contributed by atoms with Gasteiger partial charge in [-0.3, -0.25) is 0 Å². The quantitative estimate of drug-likeness (QED) is 0.0609. The van der Waals surface area contributed by atoms with Crippen molar-refractivity contribution >= 4 is 0 Å². The molecule has 0 radical (unpaired) electrons. The van der Waals surface area contributed by atoms with E-state index >= 15 is 0 Å². The van der Waals surface area contributed by atoms with Gasteiger partial charge in [0.2, 0.25) is 0 Å². The van der Waals surface area contributed by atoms with Crippen LogP contribution in [0.5, 0.6) is 0 Å². The Kier molecular flexibility index (Phi) is 56.0. The normalized spacial score (nSPS) is 11.9. The monoisotopic (exact) mass is 753 g/mol. The first-order chi connectivity index (χ1) is 26.3. The molecule has 0 aliphatic rings. The molecule has 0 rings (SSSR count). The van der Waals surface area contributed by atoms with Crippen LogP contribution < -0.4 is 0 Å². The third-order valence-corrected chi connectivity index (χ3v) is 11.5. The number of aliphatic hydroxyl groups excluding tert-OH is 2. The Bertz CT molecular complexity index is 579. The number of aliphatic hydroxyl groups is 2. The summed E-state index contributed by atoms with van der Waals surface area (Å²) in [6.45, 7) is 7.71. The Morgan fingerprint density at radius 2 is 0.453 bits per heavy atom. The van der Waals surface area contributed by atoms with Crippen molar-refractivity contribution in [3.8, 4) is 0 Å². The minimum Gasteiger partial charge on any atom is -0.394 e. The molecule has 0 fully saturated rings. The summed E-state index contributed by atoms with van der Waals surface area (Å²) in [5, 5.41) is 15.2. The molecular formula is C50H104O3. The highest BCUT2D eigenvalue weighted by Gasteiger charge is 2.09. The maximum atomic E-state index is 7.62. The van der Waals surface area contributed by atoms with Gasteiger partial charge in [-0.2, -0.15) is 0 Å². The Hall–Kier alpha value is -0.120. The Morgan fingerprint density at radius 1 is 0.264 bits per heavy atom. The summed E-state index contributed by atoms with van der Waals surface area (Å²) in [7, 11) is 0. The minimum absolute atomic E-state index is 0.125. The van der Waals surface area contributed by atoms with E-state index < -0.39 is 0 Å². The van der Waals surface area contributed by atoms with E-state index in [1.165, 1.54) is 276 Å². The van der Waals surface area contributed by atoms with E-state index in [1.807, 2.05) is 0 Å². The summed E-state index contributed by atoms with van der Waals surface area (Å²) >= 11 is 0. The fourth-order valence-electron chi connectivity index (χ4n) is 7.81. The number of rotatable bonds is 46. The first-order valence-corrected chi connectivity index (χ1v) is 25.1. The predicted molar refractivity (Wildman–Crippen MR) is 239 cm³/mol. The molecule has 0 saturated carbocycles. The summed E-state index contributed by atoms with van der Waals surface area (Å²) in [5.74, 6) is 0. The van der Waals surface area contributed by atoms with Gasteiger partial charge in [-0.05, 0) is 19.3 Å². The van der Waals surface area contributed by atoms with Gasteiger partial charge in [0.15, 0.2) is 0 Å². The number of hydrogen-bond acceptors (Lipinski definition) is 3. The van der Waals surface area contributed by atoms with Gasteiger partial charge in [-0.15, -0.1) is 0 Å². The largest absolute Gasteiger partial charge is 0.394 e. The topological polar surface area (TPSA) is 49.7 Å². The molecule has 0 saturated heterocycles. The van der Waals surface area contributed by atoms with Gasteiger partial charge in [-0.1, -0.05) is 278 Å². The van der Waals surface area contributed by atoms with Crippen molar-refractivity contribution in [3.05, 3.63) is 0 Å². The van der Waals surface area contributed by atoms with E-state index in [0.29, 0.717) is 6.10 Å². The second-order valence-electron chi connectivity index (χ2n) is 17.0. The maximum Gasteiger partial charge on any atom is 0.0662 e. The minimum atomic E-state index is -0.125. The zero-order valence-corrected chi connectivity index (χ0v) is 37.4. The van der Waals surface area contributed by atoms with Gasteiger partial charge in [0, 0.05) is 6.61 Å². The Balaban J connectivity index is 0. The summed E-state index contributed by atoms with van der Waals surface area (Å²) < 4.78 is 6.57. The van der Waals surface area contributed by atoms with Crippen LogP contribution in [0.2, 0.25) is 0 Å². The Labute approximate surface area is 336 Å². The average molecular weight is 753 g/mol. The van der Waals surface area contributed by atoms with Crippen molar-refractivity contribution < 1.29 is 14.9 Å². The van der Waals surface area contributed by atoms with Gasteiger partial charge in [0.05, 0.1) is 19.3 Å². The molecule has 0 aliphatic heterocycles. The van der Waals surface area contributed by atoms with Gasteiger partial charge in [0.1, 0.15) is 0 Å². The second-order valence-corrected chi connectivity index (χ2v) is 17.0. The highest BCUT2D eigenvalue weighted by molar-refractivity contribution is 4.61. The Morgan fingerprint density at radius 3 is 0.660 bits per heavy atom. The summed E-state index contributed by atoms with van der Waals surface area (Å²) in [4.78, 5) is 0. The second kappa shape index (κ2) is 54.0. The van der Waals surface area contributed by atoms with Gasteiger partial charge >= 0.3 is 0 Å². The number of ether oxygens (including phenoxy) is 1. The fourth-order valence-corrected chi connectivity index (χ4v) is 7.81. The zero-order valence-electron chi connectivity index (χ0n) is 37.4. The molecule has 0 aromatic heterocycles. The van der Waals surface area contributed by atoms with Crippen LogP contribution in [0.4, 0.5) is 0 Å². The van der Waals surface area contributed by atoms with E-state index in [-0.39, 0.29) is 13.2 Å². The van der Waals surface area contributed by atoms with Gasteiger partial charge in [-0.25, -0.2) is 0 Å². The SMILES string of the molecule is CCCCCCCCCCCCCCCCCCOC(CCCCCCCCCCCCCC)CCCCCCCCCCCCCCC.OCCO. The van der Waals surface area contributed by atoms with E-state index in [2.05, 4.69) is 20.8 Å². The average Bonchev–Trinajstić information content (AvgIpc) is 3.18. The smallest absolute Gasteiger partial charge is 0.0662 e. The van der Waals surface area contributed by atoms with Gasteiger partial charge in [0.25, 0.3) is 0 Å². The fraction of sp³-hybridized carbons (Fsp3) is 1.00. The molecule has 3 nitrogen and oxygen atoms in total. The molecule has 0 aliphatic carbocycles. The van der Waals surface area contributed by atoms with Crippen LogP contribution in [-0.2, 0) is 4.74 Å². The standard InChI is InChI=1S/C48H98O.C2H6O2/c1-4-7-10-13-16-19-22-25-26-27-29-32-35-38-41-44-47-49-48(45-42-39-36-33-30-24-21-18-15-12-9-6-3)46-43-40-37-34-31-28-23-20-17-14-11-8-5-2;3-1-2-4/h48H,4-47H2,1-3H3;3-4H,1-2H2. The first-order valence-electron chi connectivity index (χ1n) is 25.1. The summed E-state index contributed by atoms with van der Waals surface area (Å²) in [6, 6.07) is 0. The predicted octanol–water partition coefficient (Wildman–Crippen LogP) is 17.2. The highest BCUT2D eigenvalue weighted by atomic mass is 16.5. The van der Waals surface area contributed by atoms with Crippen LogP contribution in [0.1, 0.15) is 297 Å². The van der Waals surface area contributed by atoms with Gasteiger partial charge < -0.3 is 14.9 Å². The lowest BCUT2D eigenvalue weighted by molar-refractivity contribution is 0.0357. The van der Waals surface area contributed by atoms with Crippen LogP contribution in [0.15, 0.2) is 0 Å². The lowest BCUT2D eigenvalue weighted by Gasteiger charge is -2.18. The molecule has 0 aromatic carbocycles. The number of hydrogen-bond donors (Lipinski definition) is 2. The number of unbranched alkanes of at least 4 members (excludes halogenated alkanes) is 38. The van der Waals surface area contributed by atoms with Crippen molar-refractivity contribution in [2.24, 2.45) is 0 Å². The lowest BCUT2D eigenvalue weighted by Crippen LogP contribution is -2.14. The third-order valence-electron chi connectivity index (χ3n) is 11.5. The lowest BCUT2D eigenvalue weighted by atomic mass is 10.0. The van der Waals surface area contributed by atoms with Crippen LogP contribution >= 0.6 is 0 Å².